The normalized spacial score (nSPS) is 12.0. The van der Waals surface area contributed by atoms with Gasteiger partial charge in [-0.3, -0.25) is 0 Å². The van der Waals surface area contributed by atoms with Crippen LogP contribution in [0.3, 0.4) is 0 Å². The van der Waals surface area contributed by atoms with Gasteiger partial charge in [-0.2, -0.15) is 5.26 Å². The van der Waals surface area contributed by atoms with Crippen molar-refractivity contribution < 1.29 is 26.3 Å². The topological polar surface area (TPSA) is 67.2 Å². The lowest BCUT2D eigenvalue weighted by atomic mass is 10.2. The second-order valence-electron chi connectivity index (χ2n) is 2.88. The monoisotopic (exact) mass is 363 g/mol. The summed E-state index contributed by atoms with van der Waals surface area (Å²) >= 11 is 2.77. The zero-order valence-electron chi connectivity index (χ0n) is 8.12. The molecule has 0 N–H and O–H groups in total. The van der Waals surface area contributed by atoms with Crippen LogP contribution in [0.15, 0.2) is 21.5 Å². The van der Waals surface area contributed by atoms with Gasteiger partial charge in [0.2, 0.25) is 0 Å². The Bertz CT molecular complexity index is 624. The zero-order chi connectivity index (χ0) is 14.1. The SMILES string of the molecule is N#Cc1c(Br)cc(OC(F)(F)F)cc1S(=O)(=O)Cl. The fraction of sp³-hybridized carbons (Fsp3) is 0.125. The predicted molar refractivity (Wildman–Crippen MR) is 58.6 cm³/mol. The molecule has 0 aliphatic rings. The van der Waals surface area contributed by atoms with Gasteiger partial charge < -0.3 is 4.74 Å². The lowest BCUT2D eigenvalue weighted by Gasteiger charge is -2.11. The van der Waals surface area contributed by atoms with Crippen molar-refractivity contribution in [2.75, 3.05) is 0 Å². The molecule has 0 saturated carbocycles. The summed E-state index contributed by atoms with van der Waals surface area (Å²) in [5.74, 6) is -0.799. The quantitative estimate of drug-likeness (QED) is 0.756. The summed E-state index contributed by atoms with van der Waals surface area (Å²) in [6.45, 7) is 0. The molecular weight excluding hydrogens is 363 g/mol. The maximum Gasteiger partial charge on any atom is 0.573 e. The van der Waals surface area contributed by atoms with Crippen LogP contribution in [0.5, 0.6) is 5.75 Å². The van der Waals surface area contributed by atoms with Crippen LogP contribution >= 0.6 is 26.6 Å². The Labute approximate surface area is 112 Å². The van der Waals surface area contributed by atoms with Crippen LogP contribution in [0, 0.1) is 11.3 Å². The highest BCUT2D eigenvalue weighted by molar-refractivity contribution is 9.10. The van der Waals surface area contributed by atoms with Gasteiger partial charge in [0.05, 0.1) is 5.56 Å². The third-order valence-electron chi connectivity index (χ3n) is 1.64. The highest BCUT2D eigenvalue weighted by Gasteiger charge is 2.32. The molecule has 98 valence electrons. The van der Waals surface area contributed by atoms with E-state index in [1.54, 1.807) is 0 Å². The standard InChI is InChI=1S/C8H2BrClF3NO3S/c9-6-1-4(17-8(11,12)13)2-7(5(6)3-14)18(10,15)16/h1-2H. The average molecular weight is 365 g/mol. The number of rotatable bonds is 2. The van der Waals surface area contributed by atoms with Crippen LogP contribution in [-0.2, 0) is 9.05 Å². The van der Waals surface area contributed by atoms with Gasteiger partial charge in [0.25, 0.3) is 9.05 Å². The van der Waals surface area contributed by atoms with E-state index in [2.05, 4.69) is 20.7 Å². The van der Waals surface area contributed by atoms with Crippen molar-refractivity contribution in [3.8, 4) is 11.8 Å². The van der Waals surface area contributed by atoms with E-state index in [1.165, 1.54) is 6.07 Å². The summed E-state index contributed by atoms with van der Waals surface area (Å²) in [5.41, 5.74) is -0.403. The Balaban J connectivity index is 3.47. The Morgan fingerprint density at radius 1 is 1.39 bits per heavy atom. The van der Waals surface area contributed by atoms with Crippen molar-refractivity contribution in [3.63, 3.8) is 0 Å². The minimum Gasteiger partial charge on any atom is -0.406 e. The summed E-state index contributed by atoms with van der Waals surface area (Å²) in [6, 6.07) is 2.86. The molecule has 0 aliphatic carbocycles. The van der Waals surface area contributed by atoms with Crippen LogP contribution in [0.2, 0.25) is 0 Å². The first kappa shape index (κ1) is 15.1. The summed E-state index contributed by atoms with van der Waals surface area (Å²) < 4.78 is 61.7. The van der Waals surface area contributed by atoms with E-state index < -0.39 is 31.6 Å². The van der Waals surface area contributed by atoms with Gasteiger partial charge in [-0.25, -0.2) is 8.42 Å². The second-order valence-corrected chi connectivity index (χ2v) is 6.26. The van der Waals surface area contributed by atoms with Gasteiger partial charge in [-0.1, -0.05) is 0 Å². The van der Waals surface area contributed by atoms with Crippen molar-refractivity contribution in [1.82, 2.24) is 0 Å². The molecule has 1 aromatic carbocycles. The van der Waals surface area contributed by atoms with Crippen molar-refractivity contribution >= 4 is 35.7 Å². The molecule has 0 aliphatic heterocycles. The van der Waals surface area contributed by atoms with E-state index in [4.69, 9.17) is 15.9 Å². The number of nitrogens with zero attached hydrogens (tertiary/aromatic N) is 1. The molecule has 0 aromatic heterocycles. The summed E-state index contributed by atoms with van der Waals surface area (Å²) in [7, 11) is 0.647. The molecule has 0 amide bonds. The molecule has 1 rings (SSSR count). The Kier molecular flexibility index (Phi) is 4.15. The van der Waals surface area contributed by atoms with E-state index in [9.17, 15) is 21.6 Å². The summed E-state index contributed by atoms with van der Waals surface area (Å²) in [5, 5.41) is 8.72. The predicted octanol–water partition coefficient (Wildman–Crippen LogP) is 3.15. The number of hydrogen-bond acceptors (Lipinski definition) is 4. The van der Waals surface area contributed by atoms with Crippen LogP contribution in [0.1, 0.15) is 5.56 Å². The molecule has 1 aromatic rings. The van der Waals surface area contributed by atoms with Crippen LogP contribution in [0.25, 0.3) is 0 Å². The van der Waals surface area contributed by atoms with Crippen molar-refractivity contribution in [2.24, 2.45) is 0 Å². The van der Waals surface area contributed by atoms with E-state index in [0.29, 0.717) is 6.07 Å². The number of hydrogen-bond donors (Lipinski definition) is 0. The van der Waals surface area contributed by atoms with E-state index in [1.807, 2.05) is 0 Å². The van der Waals surface area contributed by atoms with Gasteiger partial charge in [0.15, 0.2) is 0 Å². The zero-order valence-corrected chi connectivity index (χ0v) is 11.3. The first-order valence-electron chi connectivity index (χ1n) is 3.98. The van der Waals surface area contributed by atoms with Crippen molar-refractivity contribution in [2.45, 2.75) is 11.3 Å². The first-order chi connectivity index (χ1) is 8.04. The number of alkyl halides is 3. The molecule has 0 fully saturated rings. The maximum atomic E-state index is 12.0. The largest absolute Gasteiger partial charge is 0.573 e. The van der Waals surface area contributed by atoms with Gasteiger partial charge >= 0.3 is 6.36 Å². The van der Waals surface area contributed by atoms with Crippen LogP contribution in [0.4, 0.5) is 13.2 Å². The molecule has 0 saturated heterocycles. The highest BCUT2D eigenvalue weighted by Crippen LogP contribution is 2.33. The number of halogens is 5. The smallest absolute Gasteiger partial charge is 0.406 e. The minimum atomic E-state index is -4.99. The van der Waals surface area contributed by atoms with Gasteiger partial charge in [-0.15, -0.1) is 13.2 Å². The molecule has 0 heterocycles. The lowest BCUT2D eigenvalue weighted by Crippen LogP contribution is -2.17. The molecule has 4 nitrogen and oxygen atoms in total. The molecule has 18 heavy (non-hydrogen) atoms. The van der Waals surface area contributed by atoms with Gasteiger partial charge in [0.1, 0.15) is 16.7 Å². The van der Waals surface area contributed by atoms with E-state index >= 15 is 0 Å². The Morgan fingerprint density at radius 2 is 1.94 bits per heavy atom. The average Bonchev–Trinajstić information content (AvgIpc) is 2.12. The molecule has 0 radical (unpaired) electrons. The highest BCUT2D eigenvalue weighted by atomic mass is 79.9. The van der Waals surface area contributed by atoms with E-state index in [0.717, 1.165) is 6.07 Å². The molecule has 0 spiro atoms. The van der Waals surface area contributed by atoms with Gasteiger partial charge in [0, 0.05) is 21.2 Å². The fourth-order valence-electron chi connectivity index (χ4n) is 1.05. The van der Waals surface area contributed by atoms with Gasteiger partial charge in [-0.05, 0) is 22.0 Å². The molecule has 0 atom stereocenters. The van der Waals surface area contributed by atoms with Crippen LogP contribution in [-0.4, -0.2) is 14.8 Å². The minimum absolute atomic E-state index is 0.175. The van der Waals surface area contributed by atoms with E-state index in [-0.39, 0.29) is 4.47 Å². The molecule has 0 bridgehead atoms. The Morgan fingerprint density at radius 3 is 2.33 bits per heavy atom. The fourth-order valence-corrected chi connectivity index (χ4v) is 2.73. The third-order valence-corrected chi connectivity index (χ3v) is 3.61. The number of ether oxygens (including phenoxy) is 1. The Hall–Kier alpha value is -0.980. The van der Waals surface area contributed by atoms with Crippen LogP contribution < -0.4 is 4.74 Å². The molecule has 0 unspecified atom stereocenters. The summed E-state index contributed by atoms with van der Waals surface area (Å²) in [6.07, 6.45) is -4.99. The molecular formula is C8H2BrClF3NO3S. The van der Waals surface area contributed by atoms with Crippen molar-refractivity contribution in [1.29, 1.82) is 5.26 Å². The third kappa shape index (κ3) is 3.76. The lowest BCUT2D eigenvalue weighted by molar-refractivity contribution is -0.274. The second kappa shape index (κ2) is 4.95. The van der Waals surface area contributed by atoms with Crippen molar-refractivity contribution in [3.05, 3.63) is 22.2 Å². The first-order valence-corrected chi connectivity index (χ1v) is 7.09. The molecule has 10 heteroatoms. The summed E-state index contributed by atoms with van der Waals surface area (Å²) in [4.78, 5) is -0.764. The number of benzene rings is 1. The maximum absolute atomic E-state index is 12.0. The number of nitriles is 1.